The number of benzene rings is 1. The van der Waals surface area contributed by atoms with Crippen molar-refractivity contribution in [2.75, 3.05) is 0 Å². The summed E-state index contributed by atoms with van der Waals surface area (Å²) in [5.41, 5.74) is 2.64. The van der Waals surface area contributed by atoms with E-state index >= 15 is 0 Å². The summed E-state index contributed by atoms with van der Waals surface area (Å²) in [5, 5.41) is 0. The standard InChI is InChI=1S/C18H29O.BrH.Mg/c1-9-13(2)19-16-14(17(3,4)5)11-10-12-15(16)18(6,7)8;;/h11-13H,9H2,1-8H3;1H;/q-1;;+2/p-1. The van der Waals surface area contributed by atoms with Gasteiger partial charge in [0.05, 0.1) is 6.10 Å². The molecule has 0 aliphatic rings. The maximum absolute atomic E-state index is 6.26. The number of ether oxygens (including phenoxy) is 1. The Morgan fingerprint density at radius 2 is 1.38 bits per heavy atom. The fourth-order valence-corrected chi connectivity index (χ4v) is 2.01. The molecule has 21 heavy (non-hydrogen) atoms. The smallest absolute Gasteiger partial charge is 1.00 e. The van der Waals surface area contributed by atoms with Crippen LogP contribution in [-0.4, -0.2) is 29.2 Å². The van der Waals surface area contributed by atoms with E-state index in [9.17, 15) is 0 Å². The Bertz CT molecular complexity index is 398. The van der Waals surface area contributed by atoms with Gasteiger partial charge in [0, 0.05) is 5.75 Å². The molecule has 1 rings (SSSR count). The largest absolute Gasteiger partial charge is 2.00 e. The first-order valence-corrected chi connectivity index (χ1v) is 7.29. The molecule has 0 radical (unpaired) electrons. The molecule has 0 bridgehead atoms. The number of hydrogen-bond acceptors (Lipinski definition) is 1. The zero-order valence-electron chi connectivity index (χ0n) is 14.9. The van der Waals surface area contributed by atoms with E-state index in [1.54, 1.807) is 0 Å². The minimum Gasteiger partial charge on any atom is -1.00 e. The van der Waals surface area contributed by atoms with Gasteiger partial charge in [0.2, 0.25) is 0 Å². The molecule has 0 N–H and O–H groups in total. The Labute approximate surface area is 158 Å². The van der Waals surface area contributed by atoms with Gasteiger partial charge < -0.3 is 21.7 Å². The monoisotopic (exact) mass is 364 g/mol. The molecule has 0 saturated carbocycles. The SMILES string of the molecule is CCC(C)Oc1c(C(C)(C)C)c[c-]cc1C(C)(C)C.[Br-].[Mg+2]. The number of rotatable bonds is 3. The van der Waals surface area contributed by atoms with Crippen LogP contribution in [-0.2, 0) is 10.8 Å². The van der Waals surface area contributed by atoms with Gasteiger partial charge >= 0.3 is 23.1 Å². The average molecular weight is 366 g/mol. The molecule has 1 aromatic rings. The molecule has 1 aromatic carbocycles. The van der Waals surface area contributed by atoms with Gasteiger partial charge in [-0.3, -0.25) is 0 Å². The first-order chi connectivity index (χ1) is 8.57. The minimum atomic E-state index is 0. The summed E-state index contributed by atoms with van der Waals surface area (Å²) in [6, 6.07) is 7.45. The minimum absolute atomic E-state index is 0. The van der Waals surface area contributed by atoms with Crippen LogP contribution >= 0.6 is 0 Å². The summed E-state index contributed by atoms with van der Waals surface area (Å²) < 4.78 is 6.26. The molecule has 0 fully saturated rings. The summed E-state index contributed by atoms with van der Waals surface area (Å²) >= 11 is 0. The normalized spacial score (nSPS) is 13.0. The van der Waals surface area contributed by atoms with Crippen molar-refractivity contribution in [3.8, 4) is 5.75 Å². The van der Waals surface area contributed by atoms with E-state index in [0.717, 1.165) is 12.2 Å². The summed E-state index contributed by atoms with van der Waals surface area (Å²) in [6.07, 6.45) is 1.26. The molecule has 3 heteroatoms. The molecular weight excluding hydrogens is 336 g/mol. The third-order valence-electron chi connectivity index (χ3n) is 3.45. The van der Waals surface area contributed by atoms with Crippen LogP contribution in [0.5, 0.6) is 5.75 Å². The molecule has 0 aromatic heterocycles. The van der Waals surface area contributed by atoms with Gasteiger partial charge in [-0.1, -0.05) is 59.3 Å². The maximum Gasteiger partial charge on any atom is 2.00 e. The van der Waals surface area contributed by atoms with Gasteiger partial charge in [0.25, 0.3) is 0 Å². The van der Waals surface area contributed by atoms with Crippen molar-refractivity contribution in [3.63, 3.8) is 0 Å². The van der Waals surface area contributed by atoms with Crippen molar-refractivity contribution in [2.24, 2.45) is 0 Å². The summed E-state index contributed by atoms with van der Waals surface area (Å²) in [7, 11) is 0. The van der Waals surface area contributed by atoms with E-state index in [-0.39, 0.29) is 57.0 Å². The summed E-state index contributed by atoms with van der Waals surface area (Å²) in [4.78, 5) is 0. The maximum atomic E-state index is 6.26. The Kier molecular flexibility index (Phi) is 9.84. The molecule has 0 saturated heterocycles. The van der Waals surface area contributed by atoms with Crippen LogP contribution in [0.25, 0.3) is 0 Å². The molecule has 1 unspecified atom stereocenters. The second-order valence-corrected chi connectivity index (χ2v) is 7.45. The molecular formula is C18H29BrMgO. The molecule has 0 aliphatic carbocycles. The van der Waals surface area contributed by atoms with Gasteiger partial charge in [0.1, 0.15) is 0 Å². The number of hydrogen-bond donors (Lipinski definition) is 0. The zero-order valence-corrected chi connectivity index (χ0v) is 17.9. The Morgan fingerprint density at radius 1 is 1.00 bits per heavy atom. The second-order valence-electron chi connectivity index (χ2n) is 7.45. The van der Waals surface area contributed by atoms with E-state index in [0.29, 0.717) is 0 Å². The van der Waals surface area contributed by atoms with Crippen LogP contribution in [0.2, 0.25) is 0 Å². The van der Waals surface area contributed by atoms with Crippen LogP contribution in [0.1, 0.15) is 72.9 Å². The predicted molar refractivity (Wildman–Crippen MR) is 88.8 cm³/mol. The van der Waals surface area contributed by atoms with Gasteiger partial charge in [-0.05, 0) is 13.3 Å². The average Bonchev–Trinajstić information content (AvgIpc) is 2.26. The molecule has 116 valence electrons. The fraction of sp³-hybridized carbons (Fsp3) is 0.667. The van der Waals surface area contributed by atoms with E-state index in [1.165, 1.54) is 11.1 Å². The molecule has 0 aliphatic heterocycles. The summed E-state index contributed by atoms with van der Waals surface area (Å²) in [6.45, 7) is 17.7. The molecule has 0 heterocycles. The van der Waals surface area contributed by atoms with Gasteiger partial charge in [0.15, 0.2) is 0 Å². The van der Waals surface area contributed by atoms with Crippen LogP contribution < -0.4 is 21.7 Å². The van der Waals surface area contributed by atoms with E-state index in [1.807, 2.05) is 0 Å². The van der Waals surface area contributed by atoms with Crippen molar-refractivity contribution in [2.45, 2.75) is 78.7 Å². The van der Waals surface area contributed by atoms with Gasteiger partial charge in [-0.25, -0.2) is 0 Å². The Hall–Kier alpha value is 0.266. The molecule has 0 amide bonds. The van der Waals surface area contributed by atoms with Crippen molar-refractivity contribution in [3.05, 3.63) is 29.3 Å². The topological polar surface area (TPSA) is 9.23 Å². The van der Waals surface area contributed by atoms with Crippen molar-refractivity contribution >= 4 is 23.1 Å². The van der Waals surface area contributed by atoms with E-state index < -0.39 is 0 Å². The number of halogens is 1. The predicted octanol–water partition coefficient (Wildman–Crippen LogP) is 1.88. The first kappa shape index (κ1) is 23.5. The third-order valence-corrected chi connectivity index (χ3v) is 3.45. The zero-order chi connectivity index (χ0) is 14.8. The van der Waals surface area contributed by atoms with Crippen LogP contribution in [0.3, 0.4) is 0 Å². The summed E-state index contributed by atoms with van der Waals surface area (Å²) in [5.74, 6) is 1.06. The fourth-order valence-electron chi connectivity index (χ4n) is 2.01. The van der Waals surface area contributed by atoms with Crippen LogP contribution in [0.15, 0.2) is 12.1 Å². The third kappa shape index (κ3) is 6.49. The first-order valence-electron chi connectivity index (χ1n) is 7.29. The Balaban J connectivity index is 0. The van der Waals surface area contributed by atoms with Crippen molar-refractivity contribution < 1.29 is 21.7 Å². The quantitative estimate of drug-likeness (QED) is 0.587. The van der Waals surface area contributed by atoms with Crippen LogP contribution in [0.4, 0.5) is 0 Å². The van der Waals surface area contributed by atoms with Gasteiger partial charge in [-0.15, -0.1) is 11.1 Å². The molecule has 0 spiro atoms. The van der Waals surface area contributed by atoms with E-state index in [4.69, 9.17) is 4.74 Å². The Morgan fingerprint density at radius 3 is 1.67 bits per heavy atom. The van der Waals surface area contributed by atoms with E-state index in [2.05, 4.69) is 73.6 Å². The second kappa shape index (κ2) is 8.78. The molecule has 1 atom stereocenters. The van der Waals surface area contributed by atoms with Crippen molar-refractivity contribution in [1.29, 1.82) is 0 Å². The van der Waals surface area contributed by atoms with Crippen LogP contribution in [0, 0.1) is 6.07 Å². The van der Waals surface area contributed by atoms with Crippen molar-refractivity contribution in [1.82, 2.24) is 0 Å². The van der Waals surface area contributed by atoms with Gasteiger partial charge in [-0.2, -0.15) is 18.2 Å². The molecule has 1 nitrogen and oxygen atoms in total.